The van der Waals surface area contributed by atoms with Crippen LogP contribution < -0.4 is 24.4 Å². The zero-order chi connectivity index (χ0) is 20.3. The van der Waals surface area contributed by atoms with Gasteiger partial charge in [0.25, 0.3) is 5.91 Å². The van der Waals surface area contributed by atoms with Crippen molar-refractivity contribution < 1.29 is 19.0 Å². The Morgan fingerprint density at radius 2 is 1.71 bits per heavy atom. The van der Waals surface area contributed by atoms with Crippen molar-refractivity contribution in [3.05, 3.63) is 58.6 Å². The fourth-order valence-corrected chi connectivity index (χ4v) is 3.36. The maximum Gasteiger partial charge on any atom is 0.266 e. The fourth-order valence-electron chi connectivity index (χ4n) is 2.98. The van der Waals surface area contributed by atoms with Gasteiger partial charge < -0.3 is 24.4 Å². The highest BCUT2D eigenvalue weighted by Crippen LogP contribution is 2.38. The summed E-state index contributed by atoms with van der Waals surface area (Å²) >= 11 is 4.48. The lowest BCUT2D eigenvalue weighted by molar-refractivity contribution is -0.118. The molecule has 1 amide bonds. The van der Waals surface area contributed by atoms with E-state index in [1.807, 2.05) is 24.3 Å². The summed E-state index contributed by atoms with van der Waals surface area (Å²) in [5.41, 5.74) is 1.42. The summed E-state index contributed by atoms with van der Waals surface area (Å²) in [6.45, 7) is 0. The topological polar surface area (TPSA) is 83.8 Å². The van der Waals surface area contributed by atoms with Crippen molar-refractivity contribution in [2.75, 3.05) is 26.2 Å². The molecule has 0 fully saturated rings. The van der Waals surface area contributed by atoms with Crippen LogP contribution in [0.15, 0.2) is 53.1 Å². The number of amides is 1. The number of nitriles is 1. The standard InChI is InChI=1S/C20H19N3O4S/c1-25-14-7-5-13(6-8-14)23-18(22-19(24)15(11-21)20(23)28)12-4-9-16(26-2)17(10-12)27-3/h4-10,18,28H,1-3H3,(H,22,24)/t18-/m1/s1. The average Bonchev–Trinajstić information content (AvgIpc) is 2.73. The Bertz CT molecular complexity index is 966. The molecule has 0 spiro atoms. The molecule has 7 nitrogen and oxygen atoms in total. The Labute approximate surface area is 168 Å². The molecule has 2 aromatic carbocycles. The van der Waals surface area contributed by atoms with E-state index >= 15 is 0 Å². The van der Waals surface area contributed by atoms with Crippen LogP contribution in [0.3, 0.4) is 0 Å². The molecule has 0 unspecified atom stereocenters. The highest BCUT2D eigenvalue weighted by atomic mass is 32.1. The molecule has 1 heterocycles. The van der Waals surface area contributed by atoms with Gasteiger partial charge in [0.15, 0.2) is 11.5 Å². The third-order valence-corrected chi connectivity index (χ3v) is 4.83. The second-order valence-corrected chi connectivity index (χ2v) is 6.29. The molecule has 3 rings (SSSR count). The second kappa shape index (κ2) is 8.15. The Hall–Kier alpha value is -3.31. The molecule has 2 aromatic rings. The van der Waals surface area contributed by atoms with Gasteiger partial charge in [0, 0.05) is 5.69 Å². The minimum Gasteiger partial charge on any atom is -0.497 e. The fraction of sp³-hybridized carbons (Fsp3) is 0.200. The first-order chi connectivity index (χ1) is 13.5. The minimum atomic E-state index is -0.592. The third-order valence-electron chi connectivity index (χ3n) is 4.39. The number of benzene rings is 2. The van der Waals surface area contributed by atoms with Crippen molar-refractivity contribution in [3.8, 4) is 23.3 Å². The molecule has 0 aliphatic carbocycles. The molecule has 1 aliphatic heterocycles. The minimum absolute atomic E-state index is 0.0594. The van der Waals surface area contributed by atoms with Crippen LogP contribution in [0.5, 0.6) is 17.2 Å². The summed E-state index contributed by atoms with van der Waals surface area (Å²) in [7, 11) is 4.68. The van der Waals surface area contributed by atoms with Crippen LogP contribution in [0.1, 0.15) is 11.7 Å². The van der Waals surface area contributed by atoms with Gasteiger partial charge in [-0.3, -0.25) is 4.79 Å². The predicted molar refractivity (Wildman–Crippen MR) is 108 cm³/mol. The molecule has 0 bridgehead atoms. The van der Waals surface area contributed by atoms with E-state index < -0.39 is 12.1 Å². The van der Waals surface area contributed by atoms with Crippen molar-refractivity contribution in [1.82, 2.24) is 5.32 Å². The molecular formula is C20H19N3O4S. The zero-order valence-corrected chi connectivity index (χ0v) is 16.5. The maximum absolute atomic E-state index is 12.4. The molecule has 0 saturated carbocycles. The Balaban J connectivity index is 2.13. The largest absolute Gasteiger partial charge is 0.497 e. The van der Waals surface area contributed by atoms with Crippen molar-refractivity contribution in [3.63, 3.8) is 0 Å². The lowest BCUT2D eigenvalue weighted by atomic mass is 10.1. The first-order valence-corrected chi connectivity index (χ1v) is 8.78. The highest BCUT2D eigenvalue weighted by molar-refractivity contribution is 7.84. The first-order valence-electron chi connectivity index (χ1n) is 8.33. The van der Waals surface area contributed by atoms with Crippen molar-refractivity contribution in [2.24, 2.45) is 0 Å². The molecule has 0 radical (unpaired) electrons. The normalized spacial score (nSPS) is 16.3. The van der Waals surface area contributed by atoms with Crippen molar-refractivity contribution in [2.45, 2.75) is 6.17 Å². The molecule has 1 aliphatic rings. The van der Waals surface area contributed by atoms with Crippen molar-refractivity contribution >= 4 is 24.2 Å². The molecular weight excluding hydrogens is 378 g/mol. The number of carbonyl (C=O) groups is 1. The SMILES string of the molecule is COc1ccc(N2C(S)=C(C#N)C(=O)N[C@H]2c2ccc(OC)c(OC)c2)cc1. The molecule has 1 N–H and O–H groups in total. The zero-order valence-electron chi connectivity index (χ0n) is 15.6. The Kier molecular flexibility index (Phi) is 5.66. The van der Waals surface area contributed by atoms with E-state index in [0.717, 1.165) is 11.3 Å². The summed E-state index contributed by atoms with van der Waals surface area (Å²) < 4.78 is 15.9. The van der Waals surface area contributed by atoms with Gasteiger partial charge in [-0.15, -0.1) is 12.6 Å². The monoisotopic (exact) mass is 397 g/mol. The number of hydrogen-bond acceptors (Lipinski definition) is 7. The van der Waals surface area contributed by atoms with Gasteiger partial charge in [0.1, 0.15) is 23.6 Å². The number of anilines is 1. The summed E-state index contributed by atoms with van der Waals surface area (Å²) in [6, 6.07) is 14.5. The van der Waals surface area contributed by atoms with Gasteiger partial charge >= 0.3 is 0 Å². The summed E-state index contributed by atoms with van der Waals surface area (Å²) in [5, 5.41) is 12.5. The quantitative estimate of drug-likeness (QED) is 0.755. The number of carbonyl (C=O) groups excluding carboxylic acids is 1. The van der Waals surface area contributed by atoms with Crippen LogP contribution in [0.2, 0.25) is 0 Å². The number of ether oxygens (including phenoxy) is 3. The average molecular weight is 397 g/mol. The summed E-state index contributed by atoms with van der Waals surface area (Å²) in [4.78, 5) is 14.2. The number of nitrogens with zero attached hydrogens (tertiary/aromatic N) is 2. The number of hydrogen-bond donors (Lipinski definition) is 2. The van der Waals surface area contributed by atoms with Crippen molar-refractivity contribution in [1.29, 1.82) is 5.26 Å². The smallest absolute Gasteiger partial charge is 0.266 e. The molecule has 8 heteroatoms. The van der Waals surface area contributed by atoms with E-state index in [9.17, 15) is 10.1 Å². The van der Waals surface area contributed by atoms with E-state index in [4.69, 9.17) is 14.2 Å². The molecule has 0 aromatic heterocycles. The van der Waals surface area contributed by atoms with Crippen LogP contribution in [0.4, 0.5) is 5.69 Å². The number of nitrogens with one attached hydrogen (secondary N) is 1. The predicted octanol–water partition coefficient (Wildman–Crippen LogP) is 3.01. The first kappa shape index (κ1) is 19.5. The van der Waals surface area contributed by atoms with Crippen LogP contribution in [0.25, 0.3) is 0 Å². The van der Waals surface area contributed by atoms with E-state index in [2.05, 4.69) is 17.9 Å². The van der Waals surface area contributed by atoms with E-state index in [1.54, 1.807) is 50.5 Å². The number of rotatable bonds is 5. The van der Waals surface area contributed by atoms with Crippen LogP contribution >= 0.6 is 12.6 Å². The van der Waals surface area contributed by atoms with Gasteiger partial charge in [-0.1, -0.05) is 6.07 Å². The molecule has 1 atom stereocenters. The summed E-state index contributed by atoms with van der Waals surface area (Å²) in [6.07, 6.45) is -0.592. The molecule has 28 heavy (non-hydrogen) atoms. The Morgan fingerprint density at radius 3 is 2.29 bits per heavy atom. The summed E-state index contributed by atoms with van der Waals surface area (Å²) in [5.74, 6) is 1.30. The van der Waals surface area contributed by atoms with Crippen LogP contribution in [-0.2, 0) is 4.79 Å². The lowest BCUT2D eigenvalue weighted by Crippen LogP contribution is -2.46. The van der Waals surface area contributed by atoms with Gasteiger partial charge in [0.2, 0.25) is 0 Å². The number of methoxy groups -OCH3 is 3. The van der Waals surface area contributed by atoms with Gasteiger partial charge in [-0.25, -0.2) is 0 Å². The molecule has 144 valence electrons. The highest BCUT2D eigenvalue weighted by Gasteiger charge is 2.34. The third kappa shape index (κ3) is 3.44. The van der Waals surface area contributed by atoms with Gasteiger partial charge in [-0.05, 0) is 42.0 Å². The second-order valence-electron chi connectivity index (χ2n) is 5.87. The van der Waals surface area contributed by atoms with Gasteiger partial charge in [0.05, 0.1) is 26.4 Å². The van der Waals surface area contributed by atoms with E-state index in [-0.39, 0.29) is 10.6 Å². The lowest BCUT2D eigenvalue weighted by Gasteiger charge is -2.38. The number of thiol groups is 1. The van der Waals surface area contributed by atoms with Crippen LogP contribution in [-0.4, -0.2) is 27.2 Å². The van der Waals surface area contributed by atoms with Crippen LogP contribution in [0, 0.1) is 11.3 Å². The molecule has 0 saturated heterocycles. The Morgan fingerprint density at radius 1 is 1.04 bits per heavy atom. The maximum atomic E-state index is 12.4. The van der Waals surface area contributed by atoms with Gasteiger partial charge in [-0.2, -0.15) is 5.26 Å². The van der Waals surface area contributed by atoms with E-state index in [0.29, 0.717) is 17.2 Å². The van der Waals surface area contributed by atoms with E-state index in [1.165, 1.54) is 0 Å².